The first-order valence-corrected chi connectivity index (χ1v) is 11.2. The third-order valence-electron chi connectivity index (χ3n) is 6.57. The van der Waals surface area contributed by atoms with Crippen LogP contribution in [0.5, 0.6) is 0 Å². The number of benzene rings is 1. The molecular weight excluding hydrogens is 382 g/mol. The second kappa shape index (κ2) is 8.76. The largest absolute Gasteiger partial charge is 0.376 e. The Balaban J connectivity index is 1.56. The quantitative estimate of drug-likeness (QED) is 0.671. The lowest BCUT2D eigenvalue weighted by molar-refractivity contribution is -0.135. The van der Waals surface area contributed by atoms with Gasteiger partial charge in [-0.25, -0.2) is 0 Å². The Morgan fingerprint density at radius 1 is 1.13 bits per heavy atom. The highest BCUT2D eigenvalue weighted by Gasteiger charge is 2.41. The SMILES string of the molecule is CCN(CC)C(=O)[C@@H]1CCCN(c2cccc3c2C(=O)N(C[C@H]2CCCO2)C3=O)C1. The number of carbonyl (C=O) groups excluding carboxylic acids is 3. The average molecular weight is 414 g/mol. The van der Waals surface area contributed by atoms with Crippen LogP contribution in [0.1, 0.15) is 60.2 Å². The molecule has 0 aliphatic carbocycles. The predicted molar refractivity (Wildman–Crippen MR) is 114 cm³/mol. The number of carbonyl (C=O) groups is 3. The van der Waals surface area contributed by atoms with Crippen LogP contribution < -0.4 is 4.90 Å². The number of rotatable bonds is 6. The molecule has 0 unspecified atom stereocenters. The molecule has 2 atom stereocenters. The molecule has 7 heteroatoms. The summed E-state index contributed by atoms with van der Waals surface area (Å²) in [5.74, 6) is -0.372. The molecule has 3 aliphatic heterocycles. The molecule has 7 nitrogen and oxygen atoms in total. The molecule has 4 rings (SSSR count). The van der Waals surface area contributed by atoms with E-state index in [1.807, 2.05) is 30.9 Å². The Morgan fingerprint density at radius 2 is 1.93 bits per heavy atom. The van der Waals surface area contributed by atoms with Crippen molar-refractivity contribution in [3.8, 4) is 0 Å². The molecule has 162 valence electrons. The van der Waals surface area contributed by atoms with Gasteiger partial charge < -0.3 is 14.5 Å². The minimum Gasteiger partial charge on any atom is -0.376 e. The van der Waals surface area contributed by atoms with Crippen LogP contribution in [0, 0.1) is 5.92 Å². The summed E-state index contributed by atoms with van der Waals surface area (Å²) in [5, 5.41) is 0. The Labute approximate surface area is 177 Å². The van der Waals surface area contributed by atoms with Crippen LogP contribution in [-0.4, -0.2) is 73.0 Å². The molecule has 0 saturated carbocycles. The Hall–Kier alpha value is -2.41. The normalized spacial score (nSPS) is 23.8. The van der Waals surface area contributed by atoms with Gasteiger partial charge in [-0.2, -0.15) is 0 Å². The average Bonchev–Trinajstić information content (AvgIpc) is 3.37. The fraction of sp³-hybridized carbons (Fsp3) is 0.609. The molecule has 30 heavy (non-hydrogen) atoms. The smallest absolute Gasteiger partial charge is 0.263 e. The highest BCUT2D eigenvalue weighted by Crippen LogP contribution is 2.35. The Morgan fingerprint density at radius 3 is 2.63 bits per heavy atom. The van der Waals surface area contributed by atoms with Crippen molar-refractivity contribution in [2.45, 2.75) is 45.6 Å². The zero-order chi connectivity index (χ0) is 21.3. The van der Waals surface area contributed by atoms with Crippen LogP contribution in [0.25, 0.3) is 0 Å². The number of piperidine rings is 1. The second-order valence-corrected chi connectivity index (χ2v) is 8.35. The lowest BCUT2D eigenvalue weighted by Gasteiger charge is -2.36. The van der Waals surface area contributed by atoms with E-state index >= 15 is 0 Å². The highest BCUT2D eigenvalue weighted by atomic mass is 16.5. The number of hydrogen-bond acceptors (Lipinski definition) is 5. The van der Waals surface area contributed by atoms with E-state index in [2.05, 4.69) is 4.90 Å². The third-order valence-corrected chi connectivity index (χ3v) is 6.57. The van der Waals surface area contributed by atoms with Gasteiger partial charge in [-0.05, 0) is 51.7 Å². The molecule has 3 amide bonds. The van der Waals surface area contributed by atoms with Gasteiger partial charge in [0.2, 0.25) is 5.91 Å². The first kappa shape index (κ1) is 20.8. The summed E-state index contributed by atoms with van der Waals surface area (Å²) in [6.45, 7) is 7.78. The van der Waals surface area contributed by atoms with Gasteiger partial charge in [0.15, 0.2) is 0 Å². The third kappa shape index (κ3) is 3.71. The van der Waals surface area contributed by atoms with E-state index in [1.54, 1.807) is 6.07 Å². The number of ether oxygens (including phenoxy) is 1. The molecule has 1 aromatic carbocycles. The fourth-order valence-electron chi connectivity index (χ4n) is 4.93. The van der Waals surface area contributed by atoms with Crippen molar-refractivity contribution in [2.75, 3.05) is 44.2 Å². The monoisotopic (exact) mass is 413 g/mol. The van der Waals surface area contributed by atoms with Gasteiger partial charge in [-0.3, -0.25) is 19.3 Å². The number of anilines is 1. The standard InChI is InChI=1S/C23H31N3O4/c1-3-24(4-2)21(27)16-8-6-12-25(14-16)19-11-5-10-18-20(19)23(29)26(22(18)28)15-17-9-7-13-30-17/h5,10-11,16-17H,3-4,6-9,12-15H2,1-2H3/t16-,17-/m1/s1. The molecule has 2 saturated heterocycles. The molecule has 0 aromatic heterocycles. The molecular formula is C23H31N3O4. The molecule has 0 bridgehead atoms. The van der Waals surface area contributed by atoms with Gasteiger partial charge in [0, 0.05) is 32.8 Å². The summed E-state index contributed by atoms with van der Waals surface area (Å²) in [4.78, 5) is 44.4. The summed E-state index contributed by atoms with van der Waals surface area (Å²) in [6.07, 6.45) is 3.53. The van der Waals surface area contributed by atoms with Crippen LogP contribution >= 0.6 is 0 Å². The molecule has 1 aromatic rings. The van der Waals surface area contributed by atoms with Gasteiger partial charge in [0.1, 0.15) is 0 Å². The predicted octanol–water partition coefficient (Wildman–Crippen LogP) is 2.55. The van der Waals surface area contributed by atoms with Crippen LogP contribution in [0.15, 0.2) is 18.2 Å². The minimum absolute atomic E-state index is 0.0679. The van der Waals surface area contributed by atoms with Gasteiger partial charge in [-0.15, -0.1) is 0 Å². The molecule has 3 heterocycles. The zero-order valence-electron chi connectivity index (χ0n) is 17.9. The van der Waals surface area contributed by atoms with E-state index in [1.165, 1.54) is 4.90 Å². The first-order chi connectivity index (χ1) is 14.5. The van der Waals surface area contributed by atoms with Crippen molar-refractivity contribution in [3.05, 3.63) is 29.3 Å². The van der Waals surface area contributed by atoms with Crippen molar-refractivity contribution in [3.63, 3.8) is 0 Å². The van der Waals surface area contributed by atoms with Gasteiger partial charge in [0.05, 0.1) is 35.4 Å². The number of amides is 3. The van der Waals surface area contributed by atoms with E-state index in [-0.39, 0.29) is 29.7 Å². The van der Waals surface area contributed by atoms with Crippen molar-refractivity contribution in [2.24, 2.45) is 5.92 Å². The summed E-state index contributed by atoms with van der Waals surface area (Å²) in [6, 6.07) is 5.48. The second-order valence-electron chi connectivity index (χ2n) is 8.35. The van der Waals surface area contributed by atoms with Crippen LogP contribution in [0.2, 0.25) is 0 Å². The first-order valence-electron chi connectivity index (χ1n) is 11.2. The Bertz CT molecular complexity index is 830. The summed E-state index contributed by atoms with van der Waals surface area (Å²) in [5.41, 5.74) is 1.72. The maximum Gasteiger partial charge on any atom is 0.263 e. The maximum absolute atomic E-state index is 13.2. The van der Waals surface area contributed by atoms with E-state index in [9.17, 15) is 14.4 Å². The van der Waals surface area contributed by atoms with Gasteiger partial charge in [0.25, 0.3) is 11.8 Å². The van der Waals surface area contributed by atoms with Crippen LogP contribution in [0.3, 0.4) is 0 Å². The Kier molecular flexibility index (Phi) is 6.09. The fourth-order valence-corrected chi connectivity index (χ4v) is 4.93. The number of fused-ring (bicyclic) bond motifs is 1. The molecule has 2 fully saturated rings. The lowest BCUT2D eigenvalue weighted by Crippen LogP contribution is -2.45. The molecule has 0 radical (unpaired) electrons. The van der Waals surface area contributed by atoms with Crippen LogP contribution in [-0.2, 0) is 9.53 Å². The zero-order valence-corrected chi connectivity index (χ0v) is 17.9. The van der Waals surface area contributed by atoms with Crippen molar-refractivity contribution in [1.82, 2.24) is 9.80 Å². The van der Waals surface area contributed by atoms with Crippen molar-refractivity contribution >= 4 is 23.4 Å². The van der Waals surface area contributed by atoms with E-state index in [4.69, 9.17) is 4.74 Å². The summed E-state index contributed by atoms with van der Waals surface area (Å²) < 4.78 is 5.64. The number of nitrogens with zero attached hydrogens (tertiary/aromatic N) is 3. The lowest BCUT2D eigenvalue weighted by atomic mass is 9.94. The summed E-state index contributed by atoms with van der Waals surface area (Å²) in [7, 11) is 0. The van der Waals surface area contributed by atoms with Gasteiger partial charge >= 0.3 is 0 Å². The molecule has 0 spiro atoms. The highest BCUT2D eigenvalue weighted by molar-refractivity contribution is 6.23. The van der Waals surface area contributed by atoms with Crippen molar-refractivity contribution < 1.29 is 19.1 Å². The van der Waals surface area contributed by atoms with E-state index in [0.717, 1.165) is 37.9 Å². The maximum atomic E-state index is 13.2. The van der Waals surface area contributed by atoms with Gasteiger partial charge in [-0.1, -0.05) is 6.07 Å². The number of imide groups is 1. The molecule has 3 aliphatic rings. The topological polar surface area (TPSA) is 70.2 Å². The number of hydrogen-bond donors (Lipinski definition) is 0. The van der Waals surface area contributed by atoms with E-state index < -0.39 is 0 Å². The van der Waals surface area contributed by atoms with Crippen molar-refractivity contribution in [1.29, 1.82) is 0 Å². The van der Waals surface area contributed by atoms with Crippen LogP contribution in [0.4, 0.5) is 5.69 Å². The minimum atomic E-state index is -0.238. The van der Waals surface area contributed by atoms with E-state index in [0.29, 0.717) is 43.9 Å². The molecule has 0 N–H and O–H groups in total. The summed E-state index contributed by atoms with van der Waals surface area (Å²) >= 11 is 0.